The number of carbonyl (C=O) groups excluding carboxylic acids is 1. The van der Waals surface area contributed by atoms with Gasteiger partial charge in [-0.2, -0.15) is 5.26 Å². The van der Waals surface area contributed by atoms with Gasteiger partial charge < -0.3 is 0 Å². The van der Waals surface area contributed by atoms with E-state index in [1.807, 2.05) is 6.07 Å². The first-order chi connectivity index (χ1) is 8.29. The van der Waals surface area contributed by atoms with E-state index in [-0.39, 0.29) is 12.0 Å². The van der Waals surface area contributed by atoms with Crippen LogP contribution < -0.4 is 5.48 Å². The first kappa shape index (κ1) is 11.6. The van der Waals surface area contributed by atoms with Crippen molar-refractivity contribution < 1.29 is 9.63 Å². The fourth-order valence-electron chi connectivity index (χ4n) is 1.93. The molecule has 1 aromatic rings. The van der Waals surface area contributed by atoms with Gasteiger partial charge in [0.2, 0.25) is 0 Å². The van der Waals surface area contributed by atoms with Crippen LogP contribution in [-0.2, 0) is 4.84 Å². The summed E-state index contributed by atoms with van der Waals surface area (Å²) in [5.74, 6) is -0.297. The fraction of sp³-hybridized carbons (Fsp3) is 0.385. The molecule has 0 heterocycles. The first-order valence-electron chi connectivity index (χ1n) is 5.76. The first-order valence-corrected chi connectivity index (χ1v) is 5.76. The molecular weight excluding hydrogens is 216 g/mol. The van der Waals surface area contributed by atoms with E-state index in [2.05, 4.69) is 5.48 Å². The van der Waals surface area contributed by atoms with Crippen molar-refractivity contribution in [1.82, 2.24) is 5.48 Å². The van der Waals surface area contributed by atoms with Gasteiger partial charge in [-0.1, -0.05) is 18.9 Å². The third-order valence-electron chi connectivity index (χ3n) is 2.87. The summed E-state index contributed by atoms with van der Waals surface area (Å²) in [5, 5.41) is 8.73. The van der Waals surface area contributed by atoms with Gasteiger partial charge in [0.05, 0.1) is 17.7 Å². The number of hydroxylamine groups is 1. The summed E-state index contributed by atoms with van der Waals surface area (Å²) in [6.45, 7) is 0. The van der Waals surface area contributed by atoms with Crippen LogP contribution in [-0.4, -0.2) is 12.0 Å². The van der Waals surface area contributed by atoms with E-state index in [1.54, 1.807) is 24.3 Å². The lowest BCUT2D eigenvalue weighted by Crippen LogP contribution is -2.28. The fourth-order valence-corrected chi connectivity index (χ4v) is 1.93. The summed E-state index contributed by atoms with van der Waals surface area (Å²) in [5.41, 5.74) is 3.36. The van der Waals surface area contributed by atoms with Crippen molar-refractivity contribution in [1.29, 1.82) is 5.26 Å². The molecule has 1 aliphatic rings. The number of nitriles is 1. The summed E-state index contributed by atoms with van der Waals surface area (Å²) in [7, 11) is 0. The van der Waals surface area contributed by atoms with Gasteiger partial charge in [-0.3, -0.25) is 9.63 Å². The average molecular weight is 230 g/mol. The molecule has 1 amide bonds. The molecule has 1 aliphatic carbocycles. The van der Waals surface area contributed by atoms with E-state index in [0.717, 1.165) is 25.7 Å². The Labute approximate surface area is 100 Å². The maximum atomic E-state index is 11.7. The highest BCUT2D eigenvalue weighted by atomic mass is 16.7. The maximum Gasteiger partial charge on any atom is 0.274 e. The van der Waals surface area contributed by atoms with Crippen molar-refractivity contribution >= 4 is 5.91 Å². The van der Waals surface area contributed by atoms with Crippen molar-refractivity contribution in [2.24, 2.45) is 0 Å². The van der Waals surface area contributed by atoms with Crippen molar-refractivity contribution in [3.8, 4) is 6.07 Å². The lowest BCUT2D eigenvalue weighted by atomic mass is 10.1. The van der Waals surface area contributed by atoms with Crippen molar-refractivity contribution in [2.75, 3.05) is 0 Å². The van der Waals surface area contributed by atoms with Gasteiger partial charge in [0.25, 0.3) is 5.91 Å². The van der Waals surface area contributed by atoms with Crippen LogP contribution >= 0.6 is 0 Å². The minimum atomic E-state index is -0.297. The van der Waals surface area contributed by atoms with Crippen molar-refractivity contribution in [3.63, 3.8) is 0 Å². The lowest BCUT2D eigenvalue weighted by molar-refractivity contribution is -0.0124. The Morgan fingerprint density at radius 1 is 1.41 bits per heavy atom. The number of carbonyl (C=O) groups is 1. The Hall–Kier alpha value is -1.86. The lowest BCUT2D eigenvalue weighted by Gasteiger charge is -2.11. The molecule has 1 saturated carbocycles. The number of rotatable bonds is 3. The Balaban J connectivity index is 1.92. The molecule has 1 fully saturated rings. The minimum absolute atomic E-state index is 0.137. The van der Waals surface area contributed by atoms with Crippen molar-refractivity contribution in [2.45, 2.75) is 31.8 Å². The van der Waals surface area contributed by atoms with Crippen LogP contribution in [0.3, 0.4) is 0 Å². The highest BCUT2D eigenvalue weighted by molar-refractivity contribution is 5.93. The third-order valence-corrected chi connectivity index (χ3v) is 2.87. The zero-order chi connectivity index (χ0) is 12.1. The molecule has 0 atom stereocenters. The normalized spacial score (nSPS) is 15.5. The molecule has 1 aromatic carbocycles. The van der Waals surface area contributed by atoms with Gasteiger partial charge >= 0.3 is 0 Å². The molecule has 0 radical (unpaired) electrons. The van der Waals surface area contributed by atoms with Crippen LogP contribution in [0.4, 0.5) is 0 Å². The smallest absolute Gasteiger partial charge is 0.270 e. The van der Waals surface area contributed by atoms with Crippen LogP contribution in [0.1, 0.15) is 41.6 Å². The second-order valence-corrected chi connectivity index (χ2v) is 4.15. The molecule has 0 spiro atoms. The van der Waals surface area contributed by atoms with E-state index < -0.39 is 0 Å². The summed E-state index contributed by atoms with van der Waals surface area (Å²) < 4.78 is 0. The van der Waals surface area contributed by atoms with Crippen LogP contribution in [0.2, 0.25) is 0 Å². The summed E-state index contributed by atoms with van der Waals surface area (Å²) >= 11 is 0. The molecule has 0 unspecified atom stereocenters. The van der Waals surface area contributed by atoms with Crippen LogP contribution in [0, 0.1) is 11.3 Å². The van der Waals surface area contributed by atoms with Crippen molar-refractivity contribution in [3.05, 3.63) is 35.4 Å². The molecule has 0 aliphatic heterocycles. The molecule has 0 bridgehead atoms. The molecule has 88 valence electrons. The molecule has 17 heavy (non-hydrogen) atoms. The highest BCUT2D eigenvalue weighted by Crippen LogP contribution is 2.20. The third kappa shape index (κ3) is 3.05. The largest absolute Gasteiger partial charge is 0.274 e. The van der Waals surface area contributed by atoms with Crippen LogP contribution in [0.25, 0.3) is 0 Å². The summed E-state index contributed by atoms with van der Waals surface area (Å²) in [6.07, 6.45) is 4.45. The molecule has 1 N–H and O–H groups in total. The van der Waals surface area contributed by atoms with E-state index >= 15 is 0 Å². The number of benzene rings is 1. The van der Waals surface area contributed by atoms with Gasteiger partial charge in [0.1, 0.15) is 0 Å². The quantitative estimate of drug-likeness (QED) is 0.809. The Morgan fingerprint density at radius 3 is 2.88 bits per heavy atom. The molecular formula is C13H14N2O2. The van der Waals surface area contributed by atoms with E-state index in [1.165, 1.54) is 0 Å². The Kier molecular flexibility index (Phi) is 3.73. The van der Waals surface area contributed by atoms with Gasteiger partial charge in [0, 0.05) is 5.56 Å². The van der Waals surface area contributed by atoms with E-state index in [0.29, 0.717) is 11.1 Å². The topological polar surface area (TPSA) is 62.1 Å². The summed E-state index contributed by atoms with van der Waals surface area (Å²) in [4.78, 5) is 17.0. The highest BCUT2D eigenvalue weighted by Gasteiger charge is 2.17. The monoisotopic (exact) mass is 230 g/mol. The standard InChI is InChI=1S/C13H14N2O2/c14-9-10-4-3-5-11(8-10)13(16)15-17-12-6-1-2-7-12/h3-5,8,12H,1-2,6-7H2,(H,15,16). The second kappa shape index (κ2) is 5.46. The molecule has 0 saturated heterocycles. The Bertz CT molecular complexity index is 445. The predicted octanol–water partition coefficient (Wildman–Crippen LogP) is 2.16. The number of nitrogens with zero attached hydrogens (tertiary/aromatic N) is 1. The zero-order valence-electron chi connectivity index (χ0n) is 9.48. The molecule has 4 nitrogen and oxygen atoms in total. The minimum Gasteiger partial charge on any atom is -0.270 e. The number of hydrogen-bond donors (Lipinski definition) is 1. The van der Waals surface area contributed by atoms with Crippen LogP contribution in [0.15, 0.2) is 24.3 Å². The van der Waals surface area contributed by atoms with E-state index in [4.69, 9.17) is 10.1 Å². The summed E-state index contributed by atoms with van der Waals surface area (Å²) in [6, 6.07) is 8.55. The van der Waals surface area contributed by atoms with E-state index in [9.17, 15) is 4.79 Å². The van der Waals surface area contributed by atoms with Gasteiger partial charge in [-0.25, -0.2) is 5.48 Å². The zero-order valence-corrected chi connectivity index (χ0v) is 9.48. The van der Waals surface area contributed by atoms with Crippen LogP contribution in [0.5, 0.6) is 0 Å². The van der Waals surface area contributed by atoms with Gasteiger partial charge in [-0.15, -0.1) is 0 Å². The SMILES string of the molecule is N#Cc1cccc(C(=O)NOC2CCCC2)c1. The van der Waals surface area contributed by atoms with Gasteiger partial charge in [-0.05, 0) is 31.0 Å². The average Bonchev–Trinajstić information content (AvgIpc) is 2.89. The molecule has 2 rings (SSSR count). The number of hydrogen-bond acceptors (Lipinski definition) is 3. The maximum absolute atomic E-state index is 11.7. The van der Waals surface area contributed by atoms with Gasteiger partial charge in [0.15, 0.2) is 0 Å². The number of amides is 1. The second-order valence-electron chi connectivity index (χ2n) is 4.15. The Morgan fingerprint density at radius 2 is 2.18 bits per heavy atom. The molecule has 4 heteroatoms. The number of nitrogens with one attached hydrogen (secondary N) is 1. The predicted molar refractivity (Wildman–Crippen MR) is 62.0 cm³/mol. The molecule has 0 aromatic heterocycles.